The Balaban J connectivity index is 2.75. The fraction of sp³-hybridized carbons (Fsp3) is 0.100. The van der Waals surface area contributed by atoms with Crippen LogP contribution in [0.2, 0.25) is 0 Å². The standard InChI is InChI=1S/C10H8N2O4/c1-12-8(6-3-2-4-11-5-6)7(9(13)14)10(15)16-12/h2-5H,1H3,(H,13,14). The van der Waals surface area contributed by atoms with E-state index in [4.69, 9.17) is 9.63 Å². The van der Waals surface area contributed by atoms with E-state index in [1.807, 2.05) is 0 Å². The number of nitrogens with zero attached hydrogens (tertiary/aromatic N) is 2. The molecule has 0 amide bonds. The van der Waals surface area contributed by atoms with Crippen molar-refractivity contribution in [2.45, 2.75) is 0 Å². The minimum Gasteiger partial charge on any atom is -0.477 e. The molecule has 0 atom stereocenters. The third-order valence-corrected chi connectivity index (χ3v) is 2.12. The van der Waals surface area contributed by atoms with Gasteiger partial charge in [0.25, 0.3) is 0 Å². The van der Waals surface area contributed by atoms with Crippen molar-refractivity contribution >= 4 is 5.97 Å². The van der Waals surface area contributed by atoms with Crippen LogP contribution >= 0.6 is 0 Å². The van der Waals surface area contributed by atoms with Gasteiger partial charge in [-0.1, -0.05) is 0 Å². The molecule has 0 spiro atoms. The number of hydrogen-bond acceptors (Lipinski definition) is 4. The van der Waals surface area contributed by atoms with Gasteiger partial charge in [0.2, 0.25) is 0 Å². The molecule has 0 saturated carbocycles. The van der Waals surface area contributed by atoms with Crippen LogP contribution in [-0.2, 0) is 7.05 Å². The third-order valence-electron chi connectivity index (χ3n) is 2.12. The van der Waals surface area contributed by atoms with Crippen molar-refractivity contribution in [3.8, 4) is 11.3 Å². The van der Waals surface area contributed by atoms with Crippen molar-refractivity contribution in [2.75, 3.05) is 0 Å². The highest BCUT2D eigenvalue weighted by molar-refractivity contribution is 5.94. The Morgan fingerprint density at radius 3 is 2.88 bits per heavy atom. The zero-order valence-electron chi connectivity index (χ0n) is 8.38. The van der Waals surface area contributed by atoms with Crippen LogP contribution in [0, 0.1) is 0 Å². The molecule has 0 unspecified atom stereocenters. The molecule has 2 heterocycles. The maximum absolute atomic E-state index is 11.3. The van der Waals surface area contributed by atoms with Gasteiger partial charge in [-0.3, -0.25) is 4.98 Å². The summed E-state index contributed by atoms with van der Waals surface area (Å²) in [7, 11) is 1.47. The van der Waals surface area contributed by atoms with Gasteiger partial charge in [0.05, 0.1) is 0 Å². The summed E-state index contributed by atoms with van der Waals surface area (Å²) in [4.78, 5) is 26.1. The largest absolute Gasteiger partial charge is 0.477 e. The van der Waals surface area contributed by atoms with Gasteiger partial charge in [-0.15, -0.1) is 0 Å². The zero-order valence-corrected chi connectivity index (χ0v) is 8.38. The number of pyridine rings is 1. The lowest BCUT2D eigenvalue weighted by molar-refractivity contribution is 0.0695. The number of hydrogen-bond donors (Lipinski definition) is 1. The van der Waals surface area contributed by atoms with Crippen molar-refractivity contribution in [3.63, 3.8) is 0 Å². The van der Waals surface area contributed by atoms with E-state index in [-0.39, 0.29) is 11.3 Å². The summed E-state index contributed by atoms with van der Waals surface area (Å²) < 4.78 is 5.84. The monoisotopic (exact) mass is 220 g/mol. The molecule has 1 N–H and O–H groups in total. The molecule has 0 saturated heterocycles. The molecule has 0 radical (unpaired) electrons. The molecule has 0 aliphatic heterocycles. The Bertz CT molecular complexity index is 583. The number of aromatic carboxylic acids is 1. The number of aryl methyl sites for hydroxylation is 1. The highest BCUT2D eigenvalue weighted by Gasteiger charge is 2.22. The molecule has 6 nitrogen and oxygen atoms in total. The van der Waals surface area contributed by atoms with Crippen molar-refractivity contribution in [2.24, 2.45) is 7.05 Å². The first-order chi connectivity index (χ1) is 7.61. The summed E-state index contributed by atoms with van der Waals surface area (Å²) in [6.07, 6.45) is 3.03. The summed E-state index contributed by atoms with van der Waals surface area (Å²) in [5, 5.41) is 8.93. The molecule has 0 aliphatic carbocycles. The quantitative estimate of drug-likeness (QED) is 0.806. The Morgan fingerprint density at radius 1 is 1.56 bits per heavy atom. The van der Waals surface area contributed by atoms with Crippen LogP contribution in [0.3, 0.4) is 0 Å². The maximum Gasteiger partial charge on any atom is 0.372 e. The van der Waals surface area contributed by atoms with Crippen LogP contribution in [0.5, 0.6) is 0 Å². The molecule has 0 aromatic carbocycles. The van der Waals surface area contributed by atoms with Crippen molar-refractivity contribution in [1.82, 2.24) is 9.72 Å². The predicted molar refractivity (Wildman–Crippen MR) is 54.1 cm³/mol. The van der Waals surface area contributed by atoms with E-state index in [0.717, 1.165) is 4.74 Å². The highest BCUT2D eigenvalue weighted by Crippen LogP contribution is 2.20. The van der Waals surface area contributed by atoms with E-state index >= 15 is 0 Å². The lowest BCUT2D eigenvalue weighted by atomic mass is 10.1. The summed E-state index contributed by atoms with van der Waals surface area (Å²) in [6.45, 7) is 0. The van der Waals surface area contributed by atoms with Gasteiger partial charge >= 0.3 is 11.6 Å². The lowest BCUT2D eigenvalue weighted by Crippen LogP contribution is -2.09. The van der Waals surface area contributed by atoms with Gasteiger partial charge in [-0.25, -0.2) is 14.3 Å². The second-order valence-corrected chi connectivity index (χ2v) is 3.15. The first-order valence-corrected chi connectivity index (χ1v) is 4.45. The summed E-state index contributed by atoms with van der Waals surface area (Å²) in [5.74, 6) is -1.31. The van der Waals surface area contributed by atoms with Crippen LogP contribution in [0.15, 0.2) is 33.8 Å². The Hall–Kier alpha value is -2.37. The zero-order chi connectivity index (χ0) is 11.7. The third kappa shape index (κ3) is 1.50. The summed E-state index contributed by atoms with van der Waals surface area (Å²) in [6, 6.07) is 3.31. The molecule has 82 valence electrons. The van der Waals surface area contributed by atoms with Crippen LogP contribution in [0.25, 0.3) is 11.3 Å². The second-order valence-electron chi connectivity index (χ2n) is 3.15. The molecular weight excluding hydrogens is 212 g/mol. The fourth-order valence-corrected chi connectivity index (χ4v) is 1.49. The summed E-state index contributed by atoms with van der Waals surface area (Å²) >= 11 is 0. The number of carboxylic acids is 1. The molecule has 16 heavy (non-hydrogen) atoms. The van der Waals surface area contributed by atoms with Gasteiger partial charge in [-0.2, -0.15) is 0 Å². The summed E-state index contributed by atoms with van der Waals surface area (Å²) in [5.41, 5.74) is -0.511. The van der Waals surface area contributed by atoms with Gasteiger partial charge in [-0.05, 0) is 12.1 Å². The minimum atomic E-state index is -1.31. The van der Waals surface area contributed by atoms with Crippen molar-refractivity contribution in [1.29, 1.82) is 0 Å². The van der Waals surface area contributed by atoms with E-state index in [0.29, 0.717) is 5.56 Å². The van der Waals surface area contributed by atoms with Gasteiger partial charge in [0.15, 0.2) is 5.56 Å². The normalized spacial score (nSPS) is 10.3. The predicted octanol–water partition coefficient (Wildman–Crippen LogP) is 0.739. The number of carbonyl (C=O) groups is 1. The van der Waals surface area contributed by atoms with Crippen molar-refractivity contribution < 1.29 is 14.4 Å². The molecule has 2 aromatic rings. The molecule has 2 rings (SSSR count). The van der Waals surface area contributed by atoms with Gasteiger partial charge in [0, 0.05) is 25.0 Å². The fourth-order valence-electron chi connectivity index (χ4n) is 1.49. The number of aromatic nitrogens is 2. The second kappa shape index (κ2) is 3.65. The van der Waals surface area contributed by atoms with Crippen LogP contribution in [-0.4, -0.2) is 20.8 Å². The average Bonchev–Trinajstić information content (AvgIpc) is 2.55. The molecule has 6 heteroatoms. The number of carboxylic acid groups (broad SMARTS) is 1. The van der Waals surface area contributed by atoms with E-state index in [2.05, 4.69) is 4.98 Å². The lowest BCUT2D eigenvalue weighted by Gasteiger charge is -2.00. The van der Waals surface area contributed by atoms with E-state index in [9.17, 15) is 9.59 Å². The Morgan fingerprint density at radius 2 is 2.31 bits per heavy atom. The van der Waals surface area contributed by atoms with Crippen LogP contribution < -0.4 is 5.63 Å². The topological polar surface area (TPSA) is 85.3 Å². The average molecular weight is 220 g/mol. The van der Waals surface area contributed by atoms with E-state index in [1.54, 1.807) is 18.3 Å². The SMILES string of the molecule is Cn1oc(=O)c(C(=O)O)c1-c1cccnc1. The van der Waals surface area contributed by atoms with E-state index in [1.165, 1.54) is 13.2 Å². The van der Waals surface area contributed by atoms with Crippen molar-refractivity contribution in [3.05, 3.63) is 40.5 Å². The van der Waals surface area contributed by atoms with Gasteiger partial charge in [0.1, 0.15) is 5.69 Å². The smallest absolute Gasteiger partial charge is 0.372 e. The van der Waals surface area contributed by atoms with Crippen LogP contribution in [0.1, 0.15) is 10.4 Å². The van der Waals surface area contributed by atoms with Crippen LogP contribution in [0.4, 0.5) is 0 Å². The molecule has 0 fully saturated rings. The Labute approximate surface area is 89.7 Å². The Kier molecular flexibility index (Phi) is 2.32. The molecule has 0 aliphatic rings. The number of rotatable bonds is 2. The molecular formula is C10H8N2O4. The molecule has 2 aromatic heterocycles. The minimum absolute atomic E-state index is 0.214. The molecule has 0 bridgehead atoms. The van der Waals surface area contributed by atoms with Gasteiger partial charge < -0.3 is 9.63 Å². The first kappa shape index (κ1) is 10.2. The highest BCUT2D eigenvalue weighted by atomic mass is 16.5. The first-order valence-electron chi connectivity index (χ1n) is 4.45. The maximum atomic E-state index is 11.3. The van der Waals surface area contributed by atoms with E-state index < -0.39 is 11.6 Å².